The molecule has 0 bridgehead atoms. The molecule has 0 aliphatic rings. The van der Waals surface area contributed by atoms with Gasteiger partial charge >= 0.3 is 0 Å². The summed E-state index contributed by atoms with van der Waals surface area (Å²) in [5, 5.41) is 3.15. The second-order valence-electron chi connectivity index (χ2n) is 3.01. The van der Waals surface area contributed by atoms with Crippen molar-refractivity contribution in [2.24, 2.45) is 0 Å². The average molecular weight is 180 g/mol. The first-order chi connectivity index (χ1) is 6.19. The Morgan fingerprint density at radius 3 is 2.69 bits per heavy atom. The molecule has 0 unspecified atom stereocenters. The fourth-order valence-electron chi connectivity index (χ4n) is 1.24. The first kappa shape index (κ1) is 9.86. The lowest BCUT2D eigenvalue weighted by Crippen LogP contribution is -2.13. The van der Waals surface area contributed by atoms with Gasteiger partial charge in [-0.3, -0.25) is 0 Å². The lowest BCUT2D eigenvalue weighted by atomic mass is 10.1. The zero-order valence-electron chi connectivity index (χ0n) is 8.29. The fourth-order valence-corrected chi connectivity index (χ4v) is 1.24. The summed E-state index contributed by atoms with van der Waals surface area (Å²) in [6, 6.07) is 5.97. The van der Waals surface area contributed by atoms with Crippen LogP contribution in [0.2, 0.25) is 0 Å². The van der Waals surface area contributed by atoms with Crippen molar-refractivity contribution in [1.29, 1.82) is 0 Å². The van der Waals surface area contributed by atoms with Crippen LogP contribution in [0.15, 0.2) is 18.2 Å². The van der Waals surface area contributed by atoms with Gasteiger partial charge in [0.25, 0.3) is 0 Å². The molecule has 0 aliphatic carbocycles. The van der Waals surface area contributed by atoms with E-state index in [-0.39, 0.29) is 6.04 Å². The summed E-state index contributed by atoms with van der Waals surface area (Å²) in [6.07, 6.45) is 0. The normalized spacial score (nSPS) is 12.5. The molecule has 0 saturated carbocycles. The third-order valence-electron chi connectivity index (χ3n) is 2.16. The van der Waals surface area contributed by atoms with E-state index < -0.39 is 0 Å². The second kappa shape index (κ2) is 4.14. The summed E-state index contributed by atoms with van der Waals surface area (Å²) in [6.45, 7) is 2.08. The Kier molecular flexibility index (Phi) is 3.14. The van der Waals surface area contributed by atoms with Crippen LogP contribution in [0.4, 0.5) is 5.69 Å². The lowest BCUT2D eigenvalue weighted by molar-refractivity contribution is 0.404. The van der Waals surface area contributed by atoms with Gasteiger partial charge in [-0.2, -0.15) is 0 Å². The van der Waals surface area contributed by atoms with Crippen LogP contribution in [0.5, 0.6) is 5.75 Å². The van der Waals surface area contributed by atoms with E-state index in [0.29, 0.717) is 0 Å². The molecule has 3 heteroatoms. The number of ether oxygens (including phenoxy) is 1. The highest BCUT2D eigenvalue weighted by Crippen LogP contribution is 2.26. The van der Waals surface area contributed by atoms with Gasteiger partial charge in [0.05, 0.1) is 7.11 Å². The van der Waals surface area contributed by atoms with E-state index in [4.69, 9.17) is 10.5 Å². The van der Waals surface area contributed by atoms with Gasteiger partial charge in [-0.05, 0) is 20.0 Å². The first-order valence-corrected chi connectivity index (χ1v) is 4.29. The molecule has 0 radical (unpaired) electrons. The van der Waals surface area contributed by atoms with Gasteiger partial charge in [-0.1, -0.05) is 6.07 Å². The maximum atomic E-state index is 5.64. The maximum Gasteiger partial charge on any atom is 0.125 e. The van der Waals surface area contributed by atoms with E-state index in [0.717, 1.165) is 17.0 Å². The van der Waals surface area contributed by atoms with Gasteiger partial charge < -0.3 is 15.8 Å². The quantitative estimate of drug-likeness (QED) is 0.694. The number of nitrogen functional groups attached to an aromatic ring is 1. The van der Waals surface area contributed by atoms with E-state index in [2.05, 4.69) is 12.2 Å². The van der Waals surface area contributed by atoms with Crippen LogP contribution >= 0.6 is 0 Å². The third kappa shape index (κ3) is 2.12. The molecule has 1 aromatic carbocycles. The maximum absolute atomic E-state index is 5.64. The number of hydrogen-bond acceptors (Lipinski definition) is 3. The molecular formula is C10H16N2O. The fraction of sp³-hybridized carbons (Fsp3) is 0.400. The molecule has 3 N–H and O–H groups in total. The Morgan fingerprint density at radius 1 is 1.46 bits per heavy atom. The minimum atomic E-state index is 0.274. The molecule has 1 rings (SSSR count). The SMILES string of the molecule is CN[C@H](C)c1ccc(N)cc1OC. The van der Waals surface area contributed by atoms with Crippen molar-refractivity contribution in [3.8, 4) is 5.75 Å². The second-order valence-corrected chi connectivity index (χ2v) is 3.01. The number of methoxy groups -OCH3 is 1. The Hall–Kier alpha value is -1.22. The highest BCUT2D eigenvalue weighted by Gasteiger charge is 2.08. The number of nitrogens with two attached hydrogens (primary N) is 1. The van der Waals surface area contributed by atoms with Gasteiger partial charge in [0.2, 0.25) is 0 Å². The minimum Gasteiger partial charge on any atom is -0.496 e. The van der Waals surface area contributed by atoms with Gasteiger partial charge in [0, 0.05) is 23.4 Å². The summed E-state index contributed by atoms with van der Waals surface area (Å²) in [7, 11) is 3.57. The van der Waals surface area contributed by atoms with Gasteiger partial charge in [0.15, 0.2) is 0 Å². The molecule has 72 valence electrons. The zero-order chi connectivity index (χ0) is 9.84. The number of nitrogens with one attached hydrogen (secondary N) is 1. The summed E-state index contributed by atoms with van der Waals surface area (Å²) >= 11 is 0. The summed E-state index contributed by atoms with van der Waals surface area (Å²) in [4.78, 5) is 0. The molecule has 0 heterocycles. The largest absolute Gasteiger partial charge is 0.496 e. The van der Waals surface area contributed by atoms with Gasteiger partial charge in [0.1, 0.15) is 5.75 Å². The van der Waals surface area contributed by atoms with Crippen molar-refractivity contribution < 1.29 is 4.74 Å². The molecule has 1 atom stereocenters. The molecular weight excluding hydrogens is 164 g/mol. The molecule has 0 aliphatic heterocycles. The van der Waals surface area contributed by atoms with E-state index in [1.807, 2.05) is 25.2 Å². The van der Waals surface area contributed by atoms with Crippen molar-refractivity contribution >= 4 is 5.69 Å². The monoisotopic (exact) mass is 180 g/mol. The zero-order valence-corrected chi connectivity index (χ0v) is 8.29. The Bertz CT molecular complexity index is 286. The first-order valence-electron chi connectivity index (χ1n) is 4.29. The number of benzene rings is 1. The summed E-state index contributed by atoms with van der Waals surface area (Å²) in [5.74, 6) is 0.835. The van der Waals surface area contributed by atoms with Crippen LogP contribution in [0.3, 0.4) is 0 Å². The van der Waals surface area contributed by atoms with Crippen LogP contribution in [0, 0.1) is 0 Å². The molecule has 13 heavy (non-hydrogen) atoms. The Morgan fingerprint density at radius 2 is 2.15 bits per heavy atom. The van der Waals surface area contributed by atoms with Crippen molar-refractivity contribution in [1.82, 2.24) is 5.32 Å². The van der Waals surface area contributed by atoms with Crippen molar-refractivity contribution in [3.63, 3.8) is 0 Å². The van der Waals surface area contributed by atoms with Gasteiger partial charge in [-0.15, -0.1) is 0 Å². The lowest BCUT2D eigenvalue weighted by Gasteiger charge is -2.15. The van der Waals surface area contributed by atoms with Crippen LogP contribution in [-0.2, 0) is 0 Å². The van der Waals surface area contributed by atoms with Crippen molar-refractivity contribution in [3.05, 3.63) is 23.8 Å². The van der Waals surface area contributed by atoms with E-state index in [9.17, 15) is 0 Å². The predicted molar refractivity (Wildman–Crippen MR) is 54.9 cm³/mol. The number of rotatable bonds is 3. The van der Waals surface area contributed by atoms with Crippen LogP contribution in [0.1, 0.15) is 18.5 Å². The smallest absolute Gasteiger partial charge is 0.125 e. The molecule has 0 fully saturated rings. The molecule has 0 amide bonds. The standard InChI is InChI=1S/C10H16N2O/c1-7(12-2)9-5-4-8(11)6-10(9)13-3/h4-7,12H,11H2,1-3H3/t7-/m1/s1. The van der Waals surface area contributed by atoms with Crippen molar-refractivity contribution in [2.75, 3.05) is 19.9 Å². The molecule has 0 saturated heterocycles. The van der Waals surface area contributed by atoms with E-state index in [1.54, 1.807) is 7.11 Å². The van der Waals surface area contributed by atoms with Gasteiger partial charge in [-0.25, -0.2) is 0 Å². The average Bonchev–Trinajstić information content (AvgIpc) is 2.16. The van der Waals surface area contributed by atoms with Crippen LogP contribution in [-0.4, -0.2) is 14.2 Å². The Balaban J connectivity index is 3.05. The predicted octanol–water partition coefficient (Wildman–Crippen LogP) is 1.56. The molecule has 3 nitrogen and oxygen atoms in total. The van der Waals surface area contributed by atoms with E-state index in [1.165, 1.54) is 0 Å². The minimum absolute atomic E-state index is 0.274. The highest BCUT2D eigenvalue weighted by atomic mass is 16.5. The third-order valence-corrected chi connectivity index (χ3v) is 2.16. The number of hydrogen-bond donors (Lipinski definition) is 2. The molecule has 1 aromatic rings. The summed E-state index contributed by atoms with van der Waals surface area (Å²) in [5.41, 5.74) is 7.49. The van der Waals surface area contributed by atoms with E-state index >= 15 is 0 Å². The molecule has 0 spiro atoms. The topological polar surface area (TPSA) is 47.3 Å². The highest BCUT2D eigenvalue weighted by molar-refractivity contribution is 5.49. The summed E-state index contributed by atoms with van der Waals surface area (Å²) < 4.78 is 5.23. The number of anilines is 1. The van der Waals surface area contributed by atoms with Crippen molar-refractivity contribution in [2.45, 2.75) is 13.0 Å². The van der Waals surface area contributed by atoms with Crippen LogP contribution < -0.4 is 15.8 Å². The van der Waals surface area contributed by atoms with Crippen LogP contribution in [0.25, 0.3) is 0 Å². The molecule has 0 aromatic heterocycles. The Labute approximate surface area is 78.9 Å².